The Hall–Kier alpha value is -2.59. The molecular formula is C23H28N4O4S2. The average molecular weight is 489 g/mol. The number of thiophene rings is 1. The lowest BCUT2D eigenvalue weighted by Gasteiger charge is -2.18. The minimum atomic E-state index is -0.363. The fourth-order valence-corrected chi connectivity index (χ4v) is 6.26. The molecule has 1 aliphatic rings. The Labute approximate surface area is 201 Å². The topological polar surface area (TPSA) is 99.2 Å². The second-order valence-electron chi connectivity index (χ2n) is 8.05. The van der Waals surface area contributed by atoms with Gasteiger partial charge in [0.05, 0.1) is 29.7 Å². The number of fused-ring (bicyclic) bond motifs is 1. The second-order valence-corrected chi connectivity index (χ2v) is 10.1. The van der Waals surface area contributed by atoms with Gasteiger partial charge in [0.2, 0.25) is 5.91 Å². The van der Waals surface area contributed by atoms with E-state index in [1.807, 2.05) is 24.5 Å². The van der Waals surface area contributed by atoms with Crippen LogP contribution in [0.1, 0.15) is 53.8 Å². The van der Waals surface area contributed by atoms with E-state index in [9.17, 15) is 9.59 Å². The van der Waals surface area contributed by atoms with Crippen LogP contribution < -0.4 is 5.32 Å². The predicted molar refractivity (Wildman–Crippen MR) is 129 cm³/mol. The third-order valence-electron chi connectivity index (χ3n) is 5.71. The van der Waals surface area contributed by atoms with E-state index < -0.39 is 0 Å². The molecule has 0 aromatic carbocycles. The van der Waals surface area contributed by atoms with Crippen LogP contribution >= 0.6 is 23.1 Å². The number of amides is 1. The van der Waals surface area contributed by atoms with E-state index in [0.717, 1.165) is 42.0 Å². The lowest BCUT2D eigenvalue weighted by atomic mass is 9.88. The third-order valence-corrected chi connectivity index (χ3v) is 7.85. The standard InChI is InChI=1S/C23H28N4O4S2/c1-5-27-20(15-9-10-31-14(15)4)25-26-23(27)32-12-18(28)24-21-19(22(29)30-6-2)16-8-7-13(3)11-17(16)33-21/h9-10,13H,5-8,11-12H2,1-4H3,(H,24,28). The number of thioether (sulfide) groups is 1. The van der Waals surface area contributed by atoms with Crippen molar-refractivity contribution in [2.75, 3.05) is 17.7 Å². The van der Waals surface area contributed by atoms with Crippen LogP contribution in [0.3, 0.4) is 0 Å². The molecule has 1 N–H and O–H groups in total. The maximum Gasteiger partial charge on any atom is 0.341 e. The van der Waals surface area contributed by atoms with Gasteiger partial charge in [-0.25, -0.2) is 4.79 Å². The monoisotopic (exact) mass is 488 g/mol. The number of rotatable bonds is 8. The van der Waals surface area contributed by atoms with E-state index in [1.165, 1.54) is 28.0 Å². The number of aryl methyl sites for hydroxylation is 1. The summed E-state index contributed by atoms with van der Waals surface area (Å²) in [6, 6.07) is 1.86. The molecule has 33 heavy (non-hydrogen) atoms. The Morgan fingerprint density at radius 1 is 1.36 bits per heavy atom. The van der Waals surface area contributed by atoms with Gasteiger partial charge in [-0.1, -0.05) is 18.7 Å². The summed E-state index contributed by atoms with van der Waals surface area (Å²) in [7, 11) is 0. The summed E-state index contributed by atoms with van der Waals surface area (Å²) in [6.45, 7) is 8.86. The lowest BCUT2D eigenvalue weighted by Crippen LogP contribution is -2.18. The molecule has 0 fully saturated rings. The first-order valence-electron chi connectivity index (χ1n) is 11.1. The first-order valence-corrected chi connectivity index (χ1v) is 12.9. The molecule has 176 valence electrons. The smallest absolute Gasteiger partial charge is 0.341 e. The normalized spacial score (nSPS) is 15.3. The number of nitrogens with one attached hydrogen (secondary N) is 1. The van der Waals surface area contributed by atoms with Gasteiger partial charge in [-0.15, -0.1) is 21.5 Å². The Morgan fingerprint density at radius 3 is 2.88 bits per heavy atom. The van der Waals surface area contributed by atoms with E-state index in [-0.39, 0.29) is 17.6 Å². The van der Waals surface area contributed by atoms with Gasteiger partial charge in [-0.3, -0.25) is 4.79 Å². The molecule has 3 aromatic heterocycles. The molecule has 0 aliphatic heterocycles. The summed E-state index contributed by atoms with van der Waals surface area (Å²) in [6.07, 6.45) is 4.42. The van der Waals surface area contributed by atoms with Crippen molar-refractivity contribution in [3.8, 4) is 11.4 Å². The molecule has 1 aliphatic carbocycles. The summed E-state index contributed by atoms with van der Waals surface area (Å²) in [5.41, 5.74) is 2.44. The summed E-state index contributed by atoms with van der Waals surface area (Å²) < 4.78 is 12.6. The number of hydrogen-bond acceptors (Lipinski definition) is 8. The molecule has 1 unspecified atom stereocenters. The molecule has 0 spiro atoms. The molecule has 1 amide bonds. The highest BCUT2D eigenvalue weighted by Crippen LogP contribution is 2.40. The zero-order valence-electron chi connectivity index (χ0n) is 19.3. The van der Waals surface area contributed by atoms with Crippen molar-refractivity contribution in [1.29, 1.82) is 0 Å². The predicted octanol–water partition coefficient (Wildman–Crippen LogP) is 4.96. The first kappa shape index (κ1) is 23.6. The van der Waals surface area contributed by atoms with Crippen LogP contribution in [0.5, 0.6) is 0 Å². The Kier molecular flexibility index (Phi) is 7.23. The van der Waals surface area contributed by atoms with Crippen LogP contribution in [0.15, 0.2) is 21.9 Å². The molecule has 8 nitrogen and oxygen atoms in total. The summed E-state index contributed by atoms with van der Waals surface area (Å²) in [5.74, 6) is 1.66. The second kappa shape index (κ2) is 10.1. The van der Waals surface area contributed by atoms with Gasteiger partial charge in [-0.2, -0.15) is 0 Å². The van der Waals surface area contributed by atoms with Gasteiger partial charge in [0.25, 0.3) is 0 Å². The molecule has 0 saturated heterocycles. The fourth-order valence-electron chi connectivity index (χ4n) is 4.05. The molecule has 1 atom stereocenters. The number of anilines is 1. The quantitative estimate of drug-likeness (QED) is 0.353. The van der Waals surface area contributed by atoms with Crippen molar-refractivity contribution in [2.45, 2.75) is 58.7 Å². The van der Waals surface area contributed by atoms with Crippen molar-refractivity contribution in [2.24, 2.45) is 5.92 Å². The molecule has 3 heterocycles. The highest BCUT2D eigenvalue weighted by molar-refractivity contribution is 7.99. The molecule has 3 aromatic rings. The van der Waals surface area contributed by atoms with Crippen molar-refractivity contribution < 1.29 is 18.7 Å². The summed E-state index contributed by atoms with van der Waals surface area (Å²) >= 11 is 2.81. The van der Waals surface area contributed by atoms with E-state index >= 15 is 0 Å². The number of esters is 1. The zero-order valence-corrected chi connectivity index (χ0v) is 20.9. The van der Waals surface area contributed by atoms with Gasteiger partial charge < -0.3 is 19.0 Å². The van der Waals surface area contributed by atoms with Gasteiger partial charge in [0, 0.05) is 11.4 Å². The number of aromatic nitrogens is 3. The molecule has 4 rings (SSSR count). The van der Waals surface area contributed by atoms with Crippen LogP contribution in [-0.2, 0) is 28.9 Å². The number of carbonyl (C=O) groups excluding carboxylic acids is 2. The van der Waals surface area contributed by atoms with Crippen LogP contribution in [0, 0.1) is 12.8 Å². The molecule has 0 bridgehead atoms. The fraction of sp³-hybridized carbons (Fsp3) is 0.478. The molecule has 0 radical (unpaired) electrons. The number of hydrogen-bond donors (Lipinski definition) is 1. The highest BCUT2D eigenvalue weighted by Gasteiger charge is 2.29. The van der Waals surface area contributed by atoms with Crippen LogP contribution in [0.25, 0.3) is 11.4 Å². The van der Waals surface area contributed by atoms with Crippen molar-refractivity contribution in [3.05, 3.63) is 34.1 Å². The van der Waals surface area contributed by atoms with Crippen LogP contribution in [0.4, 0.5) is 5.00 Å². The number of ether oxygens (including phenoxy) is 1. The Balaban J connectivity index is 1.49. The SMILES string of the molecule is CCOC(=O)c1c(NC(=O)CSc2nnc(-c3ccoc3C)n2CC)sc2c1CCC(C)C2. The van der Waals surface area contributed by atoms with Crippen LogP contribution in [-0.4, -0.2) is 39.0 Å². The van der Waals surface area contributed by atoms with Crippen molar-refractivity contribution in [3.63, 3.8) is 0 Å². The van der Waals surface area contributed by atoms with Crippen molar-refractivity contribution in [1.82, 2.24) is 14.8 Å². The van der Waals surface area contributed by atoms with Gasteiger partial charge in [0.15, 0.2) is 11.0 Å². The zero-order chi connectivity index (χ0) is 23.5. The molecule has 10 heteroatoms. The number of furan rings is 1. The Bertz CT molecular complexity index is 1160. The highest BCUT2D eigenvalue weighted by atomic mass is 32.2. The first-order chi connectivity index (χ1) is 15.9. The summed E-state index contributed by atoms with van der Waals surface area (Å²) in [4.78, 5) is 26.7. The molecular weight excluding hydrogens is 460 g/mol. The largest absolute Gasteiger partial charge is 0.469 e. The minimum absolute atomic E-state index is 0.156. The molecule has 0 saturated carbocycles. The maximum atomic E-state index is 12.8. The Morgan fingerprint density at radius 2 is 2.18 bits per heavy atom. The van der Waals surface area contributed by atoms with E-state index in [0.29, 0.717) is 34.8 Å². The lowest BCUT2D eigenvalue weighted by molar-refractivity contribution is -0.113. The van der Waals surface area contributed by atoms with E-state index in [4.69, 9.17) is 9.15 Å². The maximum absolute atomic E-state index is 12.8. The van der Waals surface area contributed by atoms with Crippen LogP contribution in [0.2, 0.25) is 0 Å². The van der Waals surface area contributed by atoms with E-state index in [2.05, 4.69) is 22.4 Å². The minimum Gasteiger partial charge on any atom is -0.469 e. The van der Waals surface area contributed by atoms with Gasteiger partial charge in [-0.05, 0) is 57.6 Å². The van der Waals surface area contributed by atoms with Gasteiger partial charge >= 0.3 is 5.97 Å². The third kappa shape index (κ3) is 4.86. The number of nitrogens with zero attached hydrogens (tertiary/aromatic N) is 3. The van der Waals surface area contributed by atoms with E-state index in [1.54, 1.807) is 13.2 Å². The summed E-state index contributed by atoms with van der Waals surface area (Å²) in [5, 5.41) is 12.8. The van der Waals surface area contributed by atoms with Gasteiger partial charge in [0.1, 0.15) is 10.8 Å². The average Bonchev–Trinajstić information content (AvgIpc) is 3.47. The van der Waals surface area contributed by atoms with Crippen molar-refractivity contribution >= 4 is 40.0 Å². The number of carbonyl (C=O) groups is 2.